The number of nitrogens with one attached hydrogen (secondary N) is 1. The van der Waals surface area contributed by atoms with Gasteiger partial charge in [0, 0.05) is 24.0 Å². The molecule has 1 saturated heterocycles. The van der Waals surface area contributed by atoms with Gasteiger partial charge in [0.15, 0.2) is 0 Å². The summed E-state index contributed by atoms with van der Waals surface area (Å²) in [4.78, 5) is -0.0140. The van der Waals surface area contributed by atoms with Crippen molar-refractivity contribution < 1.29 is 18.3 Å². The lowest BCUT2D eigenvalue weighted by molar-refractivity contribution is 0.0314. The van der Waals surface area contributed by atoms with Gasteiger partial charge in [-0.05, 0) is 18.2 Å². The molecule has 1 atom stereocenters. The minimum atomic E-state index is -3.75. The maximum atomic E-state index is 12.1. The molecular weight excluding hydrogens is 358 g/mol. The maximum Gasteiger partial charge on any atom is 0.242 e. The van der Waals surface area contributed by atoms with Crippen LogP contribution in [0.1, 0.15) is 6.42 Å². The molecule has 0 saturated carbocycles. The number of aliphatic hydroxyl groups is 1. The summed E-state index contributed by atoms with van der Waals surface area (Å²) in [5, 5.41) is 10.1. The van der Waals surface area contributed by atoms with E-state index in [0.717, 1.165) is 0 Å². The van der Waals surface area contributed by atoms with E-state index in [1.54, 1.807) is 6.07 Å². The first-order chi connectivity index (χ1) is 8.82. The third-order valence-electron chi connectivity index (χ3n) is 2.86. The Bertz CT molecular complexity index is 572. The molecule has 0 spiro atoms. The summed E-state index contributed by atoms with van der Waals surface area (Å²) >= 11 is 9.12. The maximum absolute atomic E-state index is 12.1. The molecule has 1 aromatic carbocycles. The first-order valence-corrected chi connectivity index (χ1v) is 8.23. The van der Waals surface area contributed by atoms with Crippen LogP contribution in [-0.4, -0.2) is 38.9 Å². The lowest BCUT2D eigenvalue weighted by Gasteiger charge is -2.20. The minimum absolute atomic E-state index is 0.0140. The van der Waals surface area contributed by atoms with E-state index >= 15 is 0 Å². The van der Waals surface area contributed by atoms with Crippen molar-refractivity contribution in [3.8, 4) is 0 Å². The molecule has 0 aliphatic carbocycles. The van der Waals surface area contributed by atoms with Gasteiger partial charge in [-0.15, -0.1) is 0 Å². The normalized spacial score (nSPS) is 23.7. The average Bonchev–Trinajstić information content (AvgIpc) is 2.74. The van der Waals surface area contributed by atoms with Crippen molar-refractivity contribution in [2.24, 2.45) is 0 Å². The molecule has 0 amide bonds. The van der Waals surface area contributed by atoms with Gasteiger partial charge in [0.2, 0.25) is 10.0 Å². The monoisotopic (exact) mass is 369 g/mol. The van der Waals surface area contributed by atoms with E-state index in [1.807, 2.05) is 0 Å². The Labute approximate surface area is 125 Å². The van der Waals surface area contributed by atoms with Crippen molar-refractivity contribution >= 4 is 37.6 Å². The van der Waals surface area contributed by atoms with E-state index in [-0.39, 0.29) is 23.1 Å². The summed E-state index contributed by atoms with van der Waals surface area (Å²) < 4.78 is 32.3. The molecule has 1 aliphatic heterocycles. The van der Waals surface area contributed by atoms with E-state index in [9.17, 15) is 13.5 Å². The van der Waals surface area contributed by atoms with E-state index in [2.05, 4.69) is 20.7 Å². The van der Waals surface area contributed by atoms with Gasteiger partial charge in [-0.3, -0.25) is 0 Å². The van der Waals surface area contributed by atoms with Gasteiger partial charge in [0.05, 0.1) is 11.6 Å². The third-order valence-corrected chi connectivity index (χ3v) is 5.23. The van der Waals surface area contributed by atoms with Crippen molar-refractivity contribution in [3.05, 3.63) is 27.7 Å². The van der Waals surface area contributed by atoms with Crippen molar-refractivity contribution in [1.82, 2.24) is 4.72 Å². The van der Waals surface area contributed by atoms with Gasteiger partial charge in [0.25, 0.3) is 0 Å². The highest BCUT2D eigenvalue weighted by atomic mass is 79.9. The Hall–Kier alpha value is -0.180. The fourth-order valence-electron chi connectivity index (χ4n) is 1.74. The first kappa shape index (κ1) is 15.2. The van der Waals surface area contributed by atoms with Gasteiger partial charge in [-0.25, -0.2) is 13.1 Å². The Kier molecular flexibility index (Phi) is 4.54. The van der Waals surface area contributed by atoms with Crippen molar-refractivity contribution in [1.29, 1.82) is 0 Å². The van der Waals surface area contributed by atoms with Gasteiger partial charge in [-0.2, -0.15) is 0 Å². The Morgan fingerprint density at radius 1 is 1.53 bits per heavy atom. The number of ether oxygens (including phenoxy) is 1. The fourth-order valence-corrected chi connectivity index (χ4v) is 3.89. The molecular formula is C11H13BrClNO4S. The number of hydrogen-bond acceptors (Lipinski definition) is 4. The molecule has 0 aromatic heterocycles. The van der Waals surface area contributed by atoms with Crippen LogP contribution in [0.15, 0.2) is 27.6 Å². The van der Waals surface area contributed by atoms with Gasteiger partial charge >= 0.3 is 0 Å². The summed E-state index contributed by atoms with van der Waals surface area (Å²) in [6, 6.07) is 4.50. The predicted octanol–water partition coefficient (Wildman–Crippen LogP) is 1.53. The summed E-state index contributed by atoms with van der Waals surface area (Å²) in [5.41, 5.74) is -1.14. The highest BCUT2D eigenvalue weighted by Gasteiger charge is 2.34. The largest absolute Gasteiger partial charge is 0.386 e. The molecule has 8 heteroatoms. The van der Waals surface area contributed by atoms with Crippen LogP contribution in [0.25, 0.3) is 0 Å². The van der Waals surface area contributed by atoms with Crippen LogP contribution in [-0.2, 0) is 14.8 Å². The molecule has 1 unspecified atom stereocenters. The second kappa shape index (κ2) is 5.67. The van der Waals surface area contributed by atoms with Crippen LogP contribution in [0.5, 0.6) is 0 Å². The molecule has 5 nitrogen and oxygen atoms in total. The minimum Gasteiger partial charge on any atom is -0.386 e. The van der Waals surface area contributed by atoms with Gasteiger partial charge in [0.1, 0.15) is 10.5 Å². The smallest absolute Gasteiger partial charge is 0.242 e. The van der Waals surface area contributed by atoms with Crippen molar-refractivity contribution in [2.75, 3.05) is 19.8 Å². The van der Waals surface area contributed by atoms with Crippen LogP contribution < -0.4 is 4.72 Å². The number of hydrogen-bond donors (Lipinski definition) is 2. The van der Waals surface area contributed by atoms with Gasteiger partial charge in [-0.1, -0.05) is 27.5 Å². The standard InChI is InChI=1S/C11H13BrClNO4S/c12-8-1-2-10(9(13)5-8)19(16,17)14-6-11(15)3-4-18-7-11/h1-2,5,14-15H,3-4,6-7H2. The molecule has 0 radical (unpaired) electrons. The van der Waals surface area contributed by atoms with Crippen LogP contribution in [0.2, 0.25) is 5.02 Å². The molecule has 2 N–H and O–H groups in total. The summed E-state index contributed by atoms with van der Waals surface area (Å²) in [6.07, 6.45) is 0.406. The SMILES string of the molecule is O=S(=O)(NCC1(O)CCOC1)c1ccc(Br)cc1Cl. The zero-order valence-corrected chi connectivity index (χ0v) is 13.1. The van der Waals surface area contributed by atoms with Crippen LogP contribution >= 0.6 is 27.5 Å². The average molecular weight is 371 g/mol. The van der Waals surface area contributed by atoms with Crippen LogP contribution in [0.4, 0.5) is 0 Å². The Morgan fingerprint density at radius 2 is 2.26 bits per heavy atom. The quantitative estimate of drug-likeness (QED) is 0.843. The molecule has 2 rings (SSSR count). The topological polar surface area (TPSA) is 75.6 Å². The highest BCUT2D eigenvalue weighted by Crippen LogP contribution is 2.25. The second-order valence-corrected chi connectivity index (χ2v) is 7.48. The van der Waals surface area contributed by atoms with E-state index in [0.29, 0.717) is 17.5 Å². The summed E-state index contributed by atoms with van der Waals surface area (Å²) in [5.74, 6) is 0. The zero-order valence-electron chi connectivity index (χ0n) is 9.90. The summed E-state index contributed by atoms with van der Waals surface area (Å²) in [6.45, 7) is 0.461. The van der Waals surface area contributed by atoms with Crippen molar-refractivity contribution in [3.63, 3.8) is 0 Å². The van der Waals surface area contributed by atoms with Crippen LogP contribution in [0, 0.1) is 0 Å². The lowest BCUT2D eigenvalue weighted by atomic mass is 10.1. The molecule has 19 heavy (non-hydrogen) atoms. The number of rotatable bonds is 4. The first-order valence-electron chi connectivity index (χ1n) is 5.57. The molecule has 1 aliphatic rings. The number of sulfonamides is 1. The predicted molar refractivity (Wildman–Crippen MR) is 74.7 cm³/mol. The van der Waals surface area contributed by atoms with E-state index in [4.69, 9.17) is 16.3 Å². The zero-order chi connectivity index (χ0) is 14.1. The third kappa shape index (κ3) is 3.68. The second-order valence-electron chi connectivity index (χ2n) is 4.43. The molecule has 106 valence electrons. The summed E-state index contributed by atoms with van der Waals surface area (Å²) in [7, 11) is -3.75. The molecule has 1 heterocycles. The van der Waals surface area contributed by atoms with Crippen molar-refractivity contribution in [2.45, 2.75) is 16.9 Å². The lowest BCUT2D eigenvalue weighted by Crippen LogP contribution is -2.43. The van der Waals surface area contributed by atoms with E-state index in [1.165, 1.54) is 12.1 Å². The molecule has 0 bridgehead atoms. The number of benzene rings is 1. The van der Waals surface area contributed by atoms with E-state index < -0.39 is 15.6 Å². The highest BCUT2D eigenvalue weighted by molar-refractivity contribution is 9.10. The van der Waals surface area contributed by atoms with Gasteiger partial charge < -0.3 is 9.84 Å². The number of halogens is 2. The fraction of sp³-hybridized carbons (Fsp3) is 0.455. The molecule has 1 fully saturated rings. The van der Waals surface area contributed by atoms with Crippen LogP contribution in [0.3, 0.4) is 0 Å². The Balaban J connectivity index is 2.14. The Morgan fingerprint density at radius 3 is 2.84 bits per heavy atom. The molecule has 1 aromatic rings.